The summed E-state index contributed by atoms with van der Waals surface area (Å²) in [6.45, 7) is 20.5. The van der Waals surface area contributed by atoms with Gasteiger partial charge in [-0.25, -0.2) is 0 Å². The predicted octanol–water partition coefficient (Wildman–Crippen LogP) is 1.16. The van der Waals surface area contributed by atoms with E-state index in [1.165, 1.54) is 45.3 Å². The van der Waals surface area contributed by atoms with Crippen LogP contribution in [0.2, 0.25) is 0 Å². The van der Waals surface area contributed by atoms with Crippen LogP contribution in [-0.2, 0) is 18.9 Å². The number of methoxy groups -OCH3 is 4. The maximum atomic E-state index is 5.25. The van der Waals surface area contributed by atoms with Gasteiger partial charge in [-0.05, 0) is 115 Å². The van der Waals surface area contributed by atoms with Gasteiger partial charge in [-0.3, -0.25) is 19.6 Å². The summed E-state index contributed by atoms with van der Waals surface area (Å²) in [6, 6.07) is 5.71. The highest BCUT2D eigenvalue weighted by molar-refractivity contribution is 4.89. The molecule has 4 N–H and O–H groups in total. The standard InChI is InChI=1S/C10H23N3O.2C10H22N2O.C8H18N2O.C8H18N2/c1-11-9-5-12(2)7-10(8-14-4)13(3)6-9;1-8-5-9(11-2)6-12(3)10(8)7-13-4;1-9-7-11(2)5-6-12(3)10(9)8-13-4;1-9-7-4-8(6-11-3)10(2)5-7;1-4-8-5-7(9-2)6-10(8)3/h9-11H,5-8H2,1-4H3;8-11H,5-7H2,1-4H3;9-10H,5-8H2,1-4H3;7-9H,4-6H2,1-3H3;7-9H,4-6H2,1-3H3. The maximum Gasteiger partial charge on any atom is 0.0630 e. The van der Waals surface area contributed by atoms with Gasteiger partial charge in [0.05, 0.1) is 26.4 Å². The number of likely N-dealkylation sites (N-methyl/N-ethyl adjacent to an activating group) is 11. The molecule has 0 aromatic heterocycles. The van der Waals surface area contributed by atoms with Gasteiger partial charge in [0.25, 0.3) is 0 Å². The zero-order chi connectivity index (χ0) is 46.1. The Morgan fingerprint density at radius 3 is 1.30 bits per heavy atom. The van der Waals surface area contributed by atoms with Crippen LogP contribution >= 0.6 is 0 Å². The molecule has 5 aliphatic heterocycles. The van der Waals surface area contributed by atoms with E-state index in [1.807, 2.05) is 21.1 Å². The highest BCUT2D eigenvalue weighted by Crippen LogP contribution is 2.22. The third-order valence-corrected chi connectivity index (χ3v) is 14.1. The van der Waals surface area contributed by atoms with Gasteiger partial charge >= 0.3 is 0 Å². The first kappa shape index (κ1) is 58.4. The summed E-state index contributed by atoms with van der Waals surface area (Å²) in [5.74, 6) is 1.41. The lowest BCUT2D eigenvalue weighted by molar-refractivity contribution is 0.0381. The van der Waals surface area contributed by atoms with Gasteiger partial charge in [-0.1, -0.05) is 20.8 Å². The van der Waals surface area contributed by atoms with Crippen molar-refractivity contribution in [2.45, 2.75) is 101 Å². The van der Waals surface area contributed by atoms with E-state index in [0.717, 1.165) is 83.7 Å². The average molecular weight is 874 g/mol. The van der Waals surface area contributed by atoms with Crippen molar-refractivity contribution in [2.75, 3.05) is 191 Å². The molecule has 366 valence electrons. The largest absolute Gasteiger partial charge is 0.383 e. The first-order valence-electron chi connectivity index (χ1n) is 23.6. The van der Waals surface area contributed by atoms with Gasteiger partial charge in [0.2, 0.25) is 0 Å². The summed E-state index contributed by atoms with van der Waals surface area (Å²) in [6.07, 6.45) is 5.08. The van der Waals surface area contributed by atoms with E-state index in [4.69, 9.17) is 18.9 Å². The minimum atomic E-state index is 0.517. The Balaban J connectivity index is 0.000000383. The van der Waals surface area contributed by atoms with Crippen molar-refractivity contribution in [3.05, 3.63) is 0 Å². The van der Waals surface area contributed by atoms with Crippen LogP contribution in [0.5, 0.6) is 0 Å². The number of likely N-dealkylation sites (tertiary alicyclic amines) is 3. The van der Waals surface area contributed by atoms with Crippen LogP contribution in [0.1, 0.15) is 46.5 Å². The first-order valence-corrected chi connectivity index (χ1v) is 23.6. The lowest BCUT2D eigenvalue weighted by Gasteiger charge is -2.41. The summed E-state index contributed by atoms with van der Waals surface area (Å²) in [5, 5.41) is 13.3. The van der Waals surface area contributed by atoms with E-state index in [2.05, 4.69) is 133 Å². The van der Waals surface area contributed by atoms with Crippen LogP contribution in [0, 0.1) is 11.8 Å². The molecule has 5 fully saturated rings. The van der Waals surface area contributed by atoms with Crippen molar-refractivity contribution >= 4 is 0 Å². The highest BCUT2D eigenvalue weighted by atomic mass is 16.5. The SMILES string of the molecule is CCC1CC(NC)CN1C.CNC1CC(C)C(COC)N(C)C1.CNC1CC(COC)N(C)C1.CNC1CN(C)CC(COC)N(C)C1.COCC1C(C)CN(C)CCN1C. The second-order valence-electron chi connectivity index (χ2n) is 19.2. The number of rotatable bonds is 13. The Hall–Kier alpha value is -0.600. The van der Waals surface area contributed by atoms with Crippen molar-refractivity contribution in [3.8, 4) is 0 Å². The van der Waals surface area contributed by atoms with E-state index in [9.17, 15) is 0 Å². The minimum absolute atomic E-state index is 0.517. The van der Waals surface area contributed by atoms with Crippen LogP contribution in [-0.4, -0.2) is 280 Å². The summed E-state index contributed by atoms with van der Waals surface area (Å²) < 4.78 is 20.8. The summed E-state index contributed by atoms with van der Waals surface area (Å²) >= 11 is 0. The Labute approximate surface area is 377 Å². The molecule has 0 saturated carbocycles. The van der Waals surface area contributed by atoms with E-state index >= 15 is 0 Å². The zero-order valence-electron chi connectivity index (χ0n) is 43.1. The first-order chi connectivity index (χ1) is 29.0. The number of ether oxygens (including phenoxy) is 4. The second kappa shape index (κ2) is 33.0. The molecule has 5 rings (SSSR count). The molecule has 15 nitrogen and oxygen atoms in total. The van der Waals surface area contributed by atoms with E-state index < -0.39 is 0 Å². The molecule has 61 heavy (non-hydrogen) atoms. The third-order valence-electron chi connectivity index (χ3n) is 14.1. The monoisotopic (exact) mass is 874 g/mol. The fraction of sp³-hybridized carbons (Fsp3) is 1.00. The van der Waals surface area contributed by atoms with Crippen molar-refractivity contribution < 1.29 is 18.9 Å². The number of nitrogens with one attached hydrogen (secondary N) is 4. The number of piperidine rings is 1. The van der Waals surface area contributed by atoms with Crippen molar-refractivity contribution in [1.29, 1.82) is 0 Å². The van der Waals surface area contributed by atoms with Gasteiger partial charge in [0, 0.05) is 142 Å². The van der Waals surface area contributed by atoms with Gasteiger partial charge < -0.3 is 54.9 Å². The Kier molecular flexibility index (Phi) is 31.6. The summed E-state index contributed by atoms with van der Waals surface area (Å²) in [4.78, 5) is 16.8. The predicted molar refractivity (Wildman–Crippen MR) is 258 cm³/mol. The Bertz CT molecular complexity index is 1050. The molecule has 5 heterocycles. The minimum Gasteiger partial charge on any atom is -0.383 e. The van der Waals surface area contributed by atoms with Gasteiger partial charge in [-0.2, -0.15) is 0 Å². The smallest absolute Gasteiger partial charge is 0.0630 e. The molecule has 0 aromatic rings. The van der Waals surface area contributed by atoms with Crippen molar-refractivity contribution in [1.82, 2.24) is 55.6 Å². The topological polar surface area (TPSA) is 108 Å². The van der Waals surface area contributed by atoms with E-state index in [-0.39, 0.29) is 0 Å². The molecule has 11 unspecified atom stereocenters. The summed E-state index contributed by atoms with van der Waals surface area (Å²) in [7, 11) is 30.5. The fourth-order valence-corrected chi connectivity index (χ4v) is 9.87. The molecule has 0 bridgehead atoms. The molecule has 0 aliphatic carbocycles. The van der Waals surface area contributed by atoms with Crippen LogP contribution in [0.4, 0.5) is 0 Å². The Morgan fingerprint density at radius 2 is 0.836 bits per heavy atom. The normalized spacial score (nSPS) is 33.8. The molecular formula is C46H103N11O4. The molecular weight excluding hydrogens is 771 g/mol. The van der Waals surface area contributed by atoms with Crippen molar-refractivity contribution in [2.24, 2.45) is 11.8 Å². The lowest BCUT2D eigenvalue weighted by Crippen LogP contribution is -2.53. The van der Waals surface area contributed by atoms with Crippen molar-refractivity contribution in [3.63, 3.8) is 0 Å². The van der Waals surface area contributed by atoms with E-state index in [0.29, 0.717) is 48.2 Å². The van der Waals surface area contributed by atoms with Crippen LogP contribution in [0.15, 0.2) is 0 Å². The van der Waals surface area contributed by atoms with Crippen LogP contribution < -0.4 is 21.3 Å². The number of hydrogen-bond acceptors (Lipinski definition) is 15. The van der Waals surface area contributed by atoms with E-state index in [1.54, 1.807) is 28.4 Å². The molecule has 11 atom stereocenters. The molecule has 15 heteroatoms. The summed E-state index contributed by atoms with van der Waals surface area (Å²) in [5.41, 5.74) is 0. The molecule has 0 radical (unpaired) electrons. The Morgan fingerprint density at radius 1 is 0.410 bits per heavy atom. The molecule has 0 spiro atoms. The second-order valence-corrected chi connectivity index (χ2v) is 19.2. The molecule has 5 saturated heterocycles. The third kappa shape index (κ3) is 22.0. The molecule has 0 aromatic carbocycles. The van der Waals surface area contributed by atoms with Crippen LogP contribution in [0.25, 0.3) is 0 Å². The van der Waals surface area contributed by atoms with Gasteiger partial charge in [0.15, 0.2) is 0 Å². The highest BCUT2D eigenvalue weighted by Gasteiger charge is 2.31. The molecule has 0 amide bonds. The quantitative estimate of drug-likeness (QED) is 0.213. The molecule has 5 aliphatic rings. The van der Waals surface area contributed by atoms with Crippen LogP contribution in [0.3, 0.4) is 0 Å². The lowest BCUT2D eigenvalue weighted by atomic mass is 9.89. The van der Waals surface area contributed by atoms with Gasteiger partial charge in [-0.15, -0.1) is 0 Å². The fourth-order valence-electron chi connectivity index (χ4n) is 9.87. The zero-order valence-corrected chi connectivity index (χ0v) is 43.1. The number of nitrogens with zero attached hydrogens (tertiary/aromatic N) is 7. The number of hydrogen-bond donors (Lipinski definition) is 4. The maximum absolute atomic E-state index is 5.25. The van der Waals surface area contributed by atoms with Gasteiger partial charge in [0.1, 0.15) is 0 Å². The average Bonchev–Trinajstić information content (AvgIpc) is 3.72.